The monoisotopic (exact) mass is 539 g/mol. The van der Waals surface area contributed by atoms with Crippen LogP contribution in [0.3, 0.4) is 0 Å². The number of methoxy groups -OCH3 is 1. The molecule has 1 aliphatic carbocycles. The molecule has 1 unspecified atom stereocenters. The Morgan fingerprint density at radius 1 is 1.18 bits per heavy atom. The molecular weight excluding hydrogens is 496 g/mol. The number of hydrogen-bond donors (Lipinski definition) is 0. The Morgan fingerprint density at radius 2 is 1.87 bits per heavy atom. The second-order valence-corrected chi connectivity index (χ2v) is 12.0. The number of rotatable bonds is 9. The number of alkyl halides is 2. The SMILES string of the molecule is CO[C@H]1C([C@@]2(C)O[C@@H]2CC=C(C)C)[C@]2(CC[C@H]1OC(=O)N1CC(=CCN3CCN(CC(F)F)CC3)C1)CO2. The van der Waals surface area contributed by atoms with Crippen molar-refractivity contribution in [1.82, 2.24) is 14.7 Å². The second-order valence-electron chi connectivity index (χ2n) is 12.0. The van der Waals surface area contributed by atoms with E-state index >= 15 is 0 Å². The van der Waals surface area contributed by atoms with E-state index in [1.54, 1.807) is 12.0 Å². The maximum Gasteiger partial charge on any atom is 0.410 e. The van der Waals surface area contributed by atoms with E-state index in [1.807, 2.05) is 4.90 Å². The van der Waals surface area contributed by atoms with Gasteiger partial charge in [0.15, 0.2) is 0 Å². The predicted molar refractivity (Wildman–Crippen MR) is 138 cm³/mol. The lowest BCUT2D eigenvalue weighted by Crippen LogP contribution is -2.57. The molecule has 4 saturated heterocycles. The number of epoxide rings is 2. The van der Waals surface area contributed by atoms with Crippen LogP contribution in [0, 0.1) is 5.92 Å². The van der Waals surface area contributed by atoms with Crippen LogP contribution in [0.25, 0.3) is 0 Å². The van der Waals surface area contributed by atoms with Crippen molar-refractivity contribution in [3.05, 3.63) is 23.3 Å². The third kappa shape index (κ3) is 5.94. The summed E-state index contributed by atoms with van der Waals surface area (Å²) in [5.74, 6) is 0.00937. The van der Waals surface area contributed by atoms with Gasteiger partial charge in [-0.3, -0.25) is 9.80 Å². The van der Waals surface area contributed by atoms with Crippen LogP contribution < -0.4 is 0 Å². The van der Waals surface area contributed by atoms with Crippen molar-refractivity contribution in [2.45, 2.75) is 76.0 Å². The Labute approximate surface area is 224 Å². The number of ether oxygens (including phenoxy) is 4. The molecule has 0 bridgehead atoms. The zero-order valence-corrected chi connectivity index (χ0v) is 23.2. The molecule has 5 rings (SSSR count). The molecule has 5 aliphatic rings. The molecule has 214 valence electrons. The zero-order valence-electron chi connectivity index (χ0n) is 23.2. The van der Waals surface area contributed by atoms with Gasteiger partial charge in [-0.05, 0) is 45.6 Å². The van der Waals surface area contributed by atoms with Gasteiger partial charge >= 0.3 is 6.09 Å². The molecule has 1 amide bonds. The minimum atomic E-state index is -2.28. The van der Waals surface area contributed by atoms with Gasteiger partial charge in [0.05, 0.1) is 25.2 Å². The summed E-state index contributed by atoms with van der Waals surface area (Å²) in [6, 6.07) is 0. The maximum atomic E-state index is 13.0. The number of halogens is 2. The Hall–Kier alpha value is -1.59. The molecule has 0 radical (unpaired) electrons. The highest BCUT2D eigenvalue weighted by atomic mass is 19.3. The van der Waals surface area contributed by atoms with Crippen LogP contribution >= 0.6 is 0 Å². The molecule has 4 aliphatic heterocycles. The van der Waals surface area contributed by atoms with E-state index in [-0.39, 0.29) is 48.1 Å². The first-order valence-corrected chi connectivity index (χ1v) is 14.0. The van der Waals surface area contributed by atoms with Crippen LogP contribution in [0.2, 0.25) is 0 Å². The van der Waals surface area contributed by atoms with Gasteiger partial charge in [0, 0.05) is 52.9 Å². The fourth-order valence-electron chi connectivity index (χ4n) is 6.58. The van der Waals surface area contributed by atoms with Crippen molar-refractivity contribution in [2.24, 2.45) is 5.92 Å². The first kappa shape index (κ1) is 28.0. The second kappa shape index (κ2) is 11.1. The van der Waals surface area contributed by atoms with Crippen molar-refractivity contribution >= 4 is 6.09 Å². The van der Waals surface area contributed by atoms with Gasteiger partial charge < -0.3 is 23.8 Å². The van der Waals surface area contributed by atoms with E-state index in [0.29, 0.717) is 39.2 Å². The van der Waals surface area contributed by atoms with Crippen LogP contribution in [0.5, 0.6) is 0 Å². The van der Waals surface area contributed by atoms with Crippen molar-refractivity contribution in [1.29, 1.82) is 0 Å². The van der Waals surface area contributed by atoms with E-state index in [0.717, 1.165) is 32.5 Å². The highest BCUT2D eigenvalue weighted by Crippen LogP contribution is 2.59. The standard InChI is InChI=1S/C28H43F2N3O5/c1-19(2)5-6-22-27(3,38-22)25-24(35-4)21(7-9-28(25)18-36-28)37-26(34)33-15-20(16-33)8-10-31-11-13-32(14-12-31)17-23(29)30/h5,8,21-25H,6-7,9-18H2,1-4H3/t21-,22-,24-,25?,27+,28+/m1/s1. The van der Waals surface area contributed by atoms with E-state index in [1.165, 1.54) is 11.1 Å². The van der Waals surface area contributed by atoms with Gasteiger partial charge in [-0.2, -0.15) is 0 Å². The quantitative estimate of drug-likeness (QED) is 0.329. The molecule has 8 nitrogen and oxygen atoms in total. The lowest BCUT2D eigenvalue weighted by molar-refractivity contribution is -0.122. The van der Waals surface area contributed by atoms with E-state index in [2.05, 4.69) is 37.8 Å². The highest BCUT2D eigenvalue weighted by Gasteiger charge is 2.72. The number of piperazine rings is 1. The number of nitrogens with zero attached hydrogens (tertiary/aromatic N) is 3. The highest BCUT2D eigenvalue weighted by molar-refractivity contribution is 5.70. The third-order valence-electron chi connectivity index (χ3n) is 9.03. The number of carbonyl (C=O) groups is 1. The van der Waals surface area contributed by atoms with Crippen molar-refractivity contribution in [2.75, 3.05) is 66.1 Å². The predicted octanol–water partition coefficient (Wildman–Crippen LogP) is 3.32. The lowest BCUT2D eigenvalue weighted by atomic mass is 9.68. The summed E-state index contributed by atoms with van der Waals surface area (Å²) in [6.45, 7) is 11.7. The normalized spacial score (nSPS) is 37.2. The maximum absolute atomic E-state index is 13.0. The van der Waals surface area contributed by atoms with Crippen LogP contribution in [-0.4, -0.2) is 123 Å². The molecule has 1 spiro atoms. The van der Waals surface area contributed by atoms with Gasteiger partial charge in [-0.15, -0.1) is 0 Å². The van der Waals surface area contributed by atoms with Crippen molar-refractivity contribution < 1.29 is 32.5 Å². The molecular formula is C28H43F2N3O5. The molecule has 4 heterocycles. The minimum absolute atomic E-state index is 0.00937. The number of allylic oxidation sites excluding steroid dienone is 1. The third-order valence-corrected chi connectivity index (χ3v) is 9.03. The minimum Gasteiger partial charge on any atom is -0.443 e. The first-order valence-electron chi connectivity index (χ1n) is 14.0. The van der Waals surface area contributed by atoms with E-state index in [4.69, 9.17) is 18.9 Å². The summed E-state index contributed by atoms with van der Waals surface area (Å²) in [7, 11) is 1.69. The molecule has 10 heteroatoms. The van der Waals surface area contributed by atoms with Gasteiger partial charge in [0.2, 0.25) is 0 Å². The summed E-state index contributed by atoms with van der Waals surface area (Å²) in [6.07, 6.45) is 3.69. The summed E-state index contributed by atoms with van der Waals surface area (Å²) in [5, 5.41) is 0. The van der Waals surface area contributed by atoms with Gasteiger partial charge in [-0.25, -0.2) is 13.6 Å². The van der Waals surface area contributed by atoms with Gasteiger partial charge in [0.1, 0.15) is 23.4 Å². The first-order chi connectivity index (χ1) is 18.1. The molecule has 1 saturated carbocycles. The van der Waals surface area contributed by atoms with E-state index in [9.17, 15) is 13.6 Å². The number of amides is 1. The largest absolute Gasteiger partial charge is 0.443 e. The van der Waals surface area contributed by atoms with Crippen molar-refractivity contribution in [3.8, 4) is 0 Å². The van der Waals surface area contributed by atoms with Crippen LogP contribution in [0.15, 0.2) is 23.3 Å². The molecule has 0 aromatic rings. The topological polar surface area (TPSA) is 70.3 Å². The Bertz CT molecular complexity index is 921. The number of hydrogen-bond acceptors (Lipinski definition) is 7. The average molecular weight is 540 g/mol. The molecule has 0 aromatic heterocycles. The molecule has 0 N–H and O–H groups in total. The van der Waals surface area contributed by atoms with Gasteiger partial charge in [-0.1, -0.05) is 17.7 Å². The Kier molecular flexibility index (Phi) is 8.18. The van der Waals surface area contributed by atoms with E-state index < -0.39 is 6.43 Å². The Morgan fingerprint density at radius 3 is 2.47 bits per heavy atom. The molecule has 38 heavy (non-hydrogen) atoms. The summed E-state index contributed by atoms with van der Waals surface area (Å²) in [4.78, 5) is 18.8. The van der Waals surface area contributed by atoms with Crippen LogP contribution in [-0.2, 0) is 18.9 Å². The van der Waals surface area contributed by atoms with Crippen LogP contribution in [0.1, 0.15) is 40.0 Å². The fourth-order valence-corrected chi connectivity index (χ4v) is 6.58. The average Bonchev–Trinajstić information content (AvgIpc) is 3.75. The Balaban J connectivity index is 1.10. The van der Waals surface area contributed by atoms with Crippen molar-refractivity contribution in [3.63, 3.8) is 0 Å². The molecule has 6 atom stereocenters. The smallest absolute Gasteiger partial charge is 0.410 e. The molecule has 0 aromatic carbocycles. The molecule has 5 fully saturated rings. The number of likely N-dealkylation sites (tertiary alicyclic amines) is 1. The van der Waals surface area contributed by atoms with Gasteiger partial charge in [0.25, 0.3) is 6.43 Å². The summed E-state index contributed by atoms with van der Waals surface area (Å²) in [5.41, 5.74) is 1.88. The lowest BCUT2D eigenvalue weighted by Gasteiger charge is -2.44. The fraction of sp³-hybridized carbons (Fsp3) is 0.821. The number of carbonyl (C=O) groups excluding carboxylic acids is 1. The zero-order chi connectivity index (χ0) is 27.1. The summed E-state index contributed by atoms with van der Waals surface area (Å²) >= 11 is 0. The summed E-state index contributed by atoms with van der Waals surface area (Å²) < 4.78 is 49.4. The van der Waals surface area contributed by atoms with Crippen LogP contribution in [0.4, 0.5) is 13.6 Å².